The molecule has 3 N–H and O–H groups in total. The summed E-state index contributed by atoms with van der Waals surface area (Å²) in [6.45, 7) is 13.5. The molecule has 0 radical (unpaired) electrons. The molecule has 1 aliphatic carbocycles. The van der Waals surface area contributed by atoms with Gasteiger partial charge in [-0.05, 0) is 118 Å². The first kappa shape index (κ1) is 52.3. The maximum absolute atomic E-state index is 16.9. The lowest BCUT2D eigenvalue weighted by Crippen LogP contribution is -2.28. The zero-order valence-corrected chi connectivity index (χ0v) is 41.6. The molecular formula is C53H65F2N2O9S2+. The Kier molecular flexibility index (Phi) is 16.4. The number of carbonyl (C=O) groups excluding carboxylic acids is 1. The van der Waals surface area contributed by atoms with Gasteiger partial charge >= 0.3 is 5.97 Å². The average molecular weight is 976 g/mol. The third-order valence-electron chi connectivity index (χ3n) is 13.6. The van der Waals surface area contributed by atoms with Crippen molar-refractivity contribution in [3.05, 3.63) is 129 Å². The molecule has 15 heteroatoms. The van der Waals surface area contributed by atoms with Crippen molar-refractivity contribution >= 4 is 54.6 Å². The number of fused-ring (bicyclic) bond motifs is 2. The Morgan fingerprint density at radius 3 is 2.19 bits per heavy atom. The van der Waals surface area contributed by atoms with Crippen LogP contribution >= 0.6 is 0 Å². The van der Waals surface area contributed by atoms with Crippen molar-refractivity contribution in [2.24, 2.45) is 0 Å². The monoisotopic (exact) mass is 975 g/mol. The molecule has 0 spiro atoms. The third kappa shape index (κ3) is 11.7. The van der Waals surface area contributed by atoms with Crippen molar-refractivity contribution in [2.75, 3.05) is 23.7 Å². The predicted molar refractivity (Wildman–Crippen MR) is 263 cm³/mol. The number of ketones is 1. The largest absolute Gasteiger partial charge is 0.481 e. The molecule has 0 fully saturated rings. The highest BCUT2D eigenvalue weighted by molar-refractivity contribution is 7.86. The fourth-order valence-electron chi connectivity index (χ4n) is 9.93. The first-order valence-corrected chi connectivity index (χ1v) is 26.7. The number of carboxylic acid groups (broad SMARTS) is 1. The van der Waals surface area contributed by atoms with E-state index in [0.29, 0.717) is 86.0 Å². The Labute approximate surface area is 400 Å². The summed E-state index contributed by atoms with van der Waals surface area (Å²) in [7, 11) is -8.77. The van der Waals surface area contributed by atoms with Crippen LogP contribution in [-0.4, -0.2) is 71.9 Å². The summed E-state index contributed by atoms with van der Waals surface area (Å²) in [4.78, 5) is 26.3. The maximum atomic E-state index is 16.9. The van der Waals surface area contributed by atoms with E-state index in [4.69, 9.17) is 5.11 Å². The summed E-state index contributed by atoms with van der Waals surface area (Å²) in [6.07, 6.45) is 14.1. The molecule has 2 heterocycles. The first-order chi connectivity index (χ1) is 32.0. The van der Waals surface area contributed by atoms with Crippen LogP contribution in [0.4, 0.5) is 20.2 Å². The van der Waals surface area contributed by atoms with Gasteiger partial charge < -0.3 is 10.0 Å². The summed E-state index contributed by atoms with van der Waals surface area (Å²) >= 11 is 0. The van der Waals surface area contributed by atoms with E-state index in [0.717, 1.165) is 41.9 Å². The molecular weight excluding hydrogens is 911 g/mol. The van der Waals surface area contributed by atoms with Crippen molar-refractivity contribution < 1.29 is 54.0 Å². The van der Waals surface area contributed by atoms with Crippen molar-refractivity contribution in [1.82, 2.24) is 0 Å². The zero-order valence-electron chi connectivity index (χ0n) is 40.0. The molecule has 0 amide bonds. The van der Waals surface area contributed by atoms with E-state index in [9.17, 15) is 35.5 Å². The second-order valence-electron chi connectivity index (χ2n) is 19.3. The Morgan fingerprint density at radius 1 is 0.794 bits per heavy atom. The van der Waals surface area contributed by atoms with Crippen molar-refractivity contribution in [3.63, 3.8) is 0 Å². The summed E-state index contributed by atoms with van der Waals surface area (Å²) in [5, 5.41) is 8.93. The predicted octanol–water partition coefficient (Wildman–Crippen LogP) is 11.8. The third-order valence-corrected chi connectivity index (χ3v) is 15.2. The normalized spacial score (nSPS) is 18.1. The quantitative estimate of drug-likeness (QED) is 0.0404. The molecule has 3 aromatic carbocycles. The zero-order chi connectivity index (χ0) is 49.8. The molecule has 0 saturated heterocycles. The van der Waals surface area contributed by atoms with Crippen molar-refractivity contribution in [3.8, 4) is 0 Å². The molecule has 11 nitrogen and oxygen atoms in total. The lowest BCUT2D eigenvalue weighted by molar-refractivity contribution is -0.438. The minimum atomic E-state index is -4.56. The topological polar surface area (TPSA) is 169 Å². The molecule has 68 heavy (non-hydrogen) atoms. The number of carboxylic acids is 1. The van der Waals surface area contributed by atoms with E-state index in [1.54, 1.807) is 6.07 Å². The number of aliphatic carboxylic acids is 1. The average Bonchev–Trinajstić information content (AvgIpc) is 3.61. The van der Waals surface area contributed by atoms with E-state index in [1.807, 2.05) is 36.7 Å². The smallest absolute Gasteiger partial charge is 0.303 e. The first-order valence-electron chi connectivity index (χ1n) is 23.6. The van der Waals surface area contributed by atoms with Gasteiger partial charge in [0, 0.05) is 65.9 Å². The Hall–Kier alpha value is -5.09. The lowest BCUT2D eigenvalue weighted by atomic mass is 9.79. The molecule has 0 aromatic heterocycles. The molecule has 0 atom stereocenters. The molecule has 6 rings (SSSR count). The van der Waals surface area contributed by atoms with E-state index in [2.05, 4.69) is 56.9 Å². The highest BCUT2D eigenvalue weighted by Crippen LogP contribution is 2.49. The van der Waals surface area contributed by atoms with E-state index in [1.165, 1.54) is 29.8 Å². The number of anilines is 1. The number of allylic oxidation sites excluding steroid dienone is 8. The van der Waals surface area contributed by atoms with Crippen LogP contribution in [0.25, 0.3) is 5.57 Å². The highest BCUT2D eigenvalue weighted by Gasteiger charge is 2.45. The van der Waals surface area contributed by atoms with Gasteiger partial charge in [0.15, 0.2) is 23.1 Å². The molecule has 366 valence electrons. The number of halogens is 2. The van der Waals surface area contributed by atoms with Gasteiger partial charge in [-0.3, -0.25) is 18.7 Å². The number of rotatable bonds is 21. The number of carbonyl (C=O) groups is 2. The van der Waals surface area contributed by atoms with Crippen LogP contribution in [0, 0.1) is 18.6 Å². The standard InChI is InChI=1S/C53H64F2N2O9S2/c1-7-8-30-56-43-26-20-35(2)33-41(43)52(3,4)46(56)28-21-36-16-15-17-37(49(36)40-25-24-39(50(54)51(40)55)45(58)18-11-9-10-12-19-48(59)60)22-29-47-53(5,6)42-34-38(68(64,65)66)23-27-44(42)57(47)31-13-14-32-67(61,62)63/h20-29,33-34H,7-19,30-32H2,1-6H3,(H2-,59,60,61,62,63,64,65,66)/p+1. The number of unbranched alkanes of at least 4 members (excludes halogenated alkanes) is 5. The molecule has 0 unspecified atom stereocenters. The van der Waals surface area contributed by atoms with Gasteiger partial charge in [0.05, 0.1) is 21.6 Å². The molecule has 3 aromatic rings. The second-order valence-corrected chi connectivity index (χ2v) is 22.3. The number of hydrogen-bond acceptors (Lipinski definition) is 7. The van der Waals surface area contributed by atoms with E-state index >= 15 is 8.78 Å². The highest BCUT2D eigenvalue weighted by atomic mass is 32.2. The van der Waals surface area contributed by atoms with Crippen LogP contribution in [0.5, 0.6) is 0 Å². The van der Waals surface area contributed by atoms with E-state index < -0.39 is 54.8 Å². The van der Waals surface area contributed by atoms with Gasteiger partial charge in [-0.15, -0.1) is 0 Å². The van der Waals surface area contributed by atoms with Crippen LogP contribution in [0.15, 0.2) is 94.6 Å². The SMILES string of the molecule is CCCCN1C(=CC=C2CCCC(C=CC3=[N+](CCCCS(=O)(=O)O)c4ccc(S(=O)(=O)O)cc4C3(C)C)=C2c2ccc(C(=O)CCCCCCC(=O)O)c(F)c2F)C(C)(C)c2cc(C)ccc21. The second kappa shape index (κ2) is 21.3. The summed E-state index contributed by atoms with van der Waals surface area (Å²) in [6, 6.07) is 13.6. The Bertz CT molecular complexity index is 2860. The molecule has 3 aliphatic rings. The fourth-order valence-corrected chi connectivity index (χ4v) is 11.0. The van der Waals surface area contributed by atoms with Gasteiger partial charge in [0.1, 0.15) is 6.54 Å². The summed E-state index contributed by atoms with van der Waals surface area (Å²) in [5.41, 5.74) is 6.93. The Morgan fingerprint density at radius 2 is 1.51 bits per heavy atom. The number of hydrogen-bond donors (Lipinski definition) is 3. The maximum Gasteiger partial charge on any atom is 0.303 e. The molecule has 2 aliphatic heterocycles. The minimum absolute atomic E-state index is 0.00276. The minimum Gasteiger partial charge on any atom is -0.481 e. The van der Waals surface area contributed by atoms with E-state index in [-0.39, 0.29) is 40.7 Å². The van der Waals surface area contributed by atoms with Gasteiger partial charge in [-0.1, -0.05) is 75.9 Å². The summed E-state index contributed by atoms with van der Waals surface area (Å²) in [5.74, 6) is -4.26. The molecule has 0 saturated carbocycles. The number of benzene rings is 3. The number of nitrogens with zero attached hydrogens (tertiary/aromatic N) is 2. The summed E-state index contributed by atoms with van der Waals surface area (Å²) < 4.78 is 102. The Balaban J connectivity index is 1.49. The van der Waals surface area contributed by atoms with Gasteiger partial charge in [-0.25, -0.2) is 8.78 Å². The van der Waals surface area contributed by atoms with Gasteiger partial charge in [0.2, 0.25) is 5.69 Å². The van der Waals surface area contributed by atoms with Gasteiger partial charge in [0.25, 0.3) is 20.2 Å². The van der Waals surface area contributed by atoms with Crippen LogP contribution in [0.3, 0.4) is 0 Å². The van der Waals surface area contributed by atoms with Crippen LogP contribution in [0.2, 0.25) is 0 Å². The fraction of sp³-hybridized carbons (Fsp3) is 0.453. The van der Waals surface area contributed by atoms with Crippen LogP contribution < -0.4 is 4.90 Å². The van der Waals surface area contributed by atoms with Crippen molar-refractivity contribution in [1.29, 1.82) is 0 Å². The van der Waals surface area contributed by atoms with Gasteiger partial charge in [-0.2, -0.15) is 21.4 Å². The molecule has 0 bridgehead atoms. The van der Waals surface area contributed by atoms with Crippen LogP contribution in [-0.2, 0) is 35.9 Å². The van der Waals surface area contributed by atoms with Crippen molar-refractivity contribution in [2.45, 2.75) is 141 Å². The number of aryl methyl sites for hydroxylation is 1. The van der Waals surface area contributed by atoms with Crippen LogP contribution in [0.1, 0.15) is 151 Å². The number of Topliss-reactive ketones (excluding diaryl/α,β-unsaturated/α-hetero) is 1. The lowest BCUT2D eigenvalue weighted by Gasteiger charge is -2.28.